The van der Waals surface area contributed by atoms with Gasteiger partial charge in [0, 0.05) is 50.5 Å². The average Bonchev–Trinajstić information content (AvgIpc) is 3.28. The monoisotopic (exact) mass is 878 g/mol. The third kappa shape index (κ3) is 16.0. The smallest absolute Gasteiger partial charge is 0.475 e. The Hall–Kier alpha value is -6.66. The van der Waals surface area contributed by atoms with Crippen molar-refractivity contribution in [3.8, 4) is 0 Å². The summed E-state index contributed by atoms with van der Waals surface area (Å²) in [6, 6.07) is 24.5. The summed E-state index contributed by atoms with van der Waals surface area (Å²) in [6.45, 7) is 2.79. The van der Waals surface area contributed by atoms with Gasteiger partial charge in [-0.05, 0) is 61.3 Å². The van der Waals surface area contributed by atoms with Gasteiger partial charge < -0.3 is 48.1 Å². The fourth-order valence-electron chi connectivity index (χ4n) is 7.45. The van der Waals surface area contributed by atoms with Gasteiger partial charge in [0.05, 0.1) is 0 Å². The molecule has 1 aliphatic heterocycles. The molecule has 5 rings (SSSR count). The van der Waals surface area contributed by atoms with Gasteiger partial charge in [0.25, 0.3) is 0 Å². The first-order valence-corrected chi connectivity index (χ1v) is 20.8. The maximum absolute atomic E-state index is 14.4. The Balaban J connectivity index is 0.00000115. The number of nitrogens with one attached hydrogen (secondary N) is 4. The third-order valence-electron chi connectivity index (χ3n) is 10.9. The highest BCUT2D eigenvalue weighted by molar-refractivity contribution is 6.02. The lowest BCUT2D eigenvalue weighted by Gasteiger charge is -2.38. The number of piperazine rings is 1. The van der Waals surface area contributed by atoms with Crippen LogP contribution in [0.2, 0.25) is 0 Å². The van der Waals surface area contributed by atoms with Gasteiger partial charge in [-0.1, -0.05) is 92.1 Å². The summed E-state index contributed by atoms with van der Waals surface area (Å²) >= 11 is 0. The number of carbonyl (C=O) groups excluding carboxylic acids is 4. The molecule has 2 aliphatic rings. The summed E-state index contributed by atoms with van der Waals surface area (Å²) in [5.41, 5.74) is 20.0. The molecule has 1 saturated carbocycles. The second kappa shape index (κ2) is 24.1. The molecule has 3 aromatic rings. The molecular formula is C44H57F3N10O6. The normalized spacial score (nSPS) is 15.6. The Morgan fingerprint density at radius 2 is 1.37 bits per heavy atom. The van der Waals surface area contributed by atoms with E-state index in [0.717, 1.165) is 43.4 Å². The molecule has 1 aliphatic carbocycles. The molecular weight excluding hydrogens is 822 g/mol. The van der Waals surface area contributed by atoms with E-state index in [2.05, 4.69) is 25.8 Å². The van der Waals surface area contributed by atoms with Gasteiger partial charge in [0.2, 0.25) is 23.6 Å². The van der Waals surface area contributed by atoms with Crippen LogP contribution in [0.15, 0.2) is 89.9 Å². The van der Waals surface area contributed by atoms with Gasteiger partial charge in [0.15, 0.2) is 5.96 Å². The van der Waals surface area contributed by atoms with Crippen LogP contribution in [0, 0.1) is 17.2 Å². The van der Waals surface area contributed by atoms with Crippen LogP contribution in [0.4, 0.5) is 18.9 Å². The number of nitrogens with two attached hydrogens (primary N) is 3. The van der Waals surface area contributed by atoms with Crippen molar-refractivity contribution < 1.29 is 42.3 Å². The van der Waals surface area contributed by atoms with Gasteiger partial charge in [0.1, 0.15) is 23.8 Å². The molecule has 11 N–H and O–H groups in total. The van der Waals surface area contributed by atoms with E-state index in [1.165, 1.54) is 0 Å². The van der Waals surface area contributed by atoms with Crippen molar-refractivity contribution in [3.05, 3.63) is 102 Å². The number of guanidine groups is 1. The van der Waals surface area contributed by atoms with Crippen LogP contribution in [0.25, 0.3) is 0 Å². The number of amidine groups is 1. The third-order valence-corrected chi connectivity index (χ3v) is 10.9. The Morgan fingerprint density at radius 1 is 0.778 bits per heavy atom. The van der Waals surface area contributed by atoms with Crippen molar-refractivity contribution in [1.82, 2.24) is 20.9 Å². The molecule has 3 atom stereocenters. The number of carboxylic acids is 1. The van der Waals surface area contributed by atoms with E-state index in [9.17, 15) is 32.3 Å². The second-order valence-corrected chi connectivity index (χ2v) is 15.4. The Bertz CT molecular complexity index is 2000. The standard InChI is InChI=1S/C42H56N10O4.C2HF3O2/c43-37(44)32-20-18-29(19-21-32)27-34(38(53)48-28-30-11-4-1-5-12-30)39(54)50-36(31-13-6-2-7-14-31)40(55)49-35(17-10-22-47-42(45)46)41(56)52-25-23-51(24-26-52)33-15-8-3-9-16-33;3-2(4,5)1(6)7/h1,3-5,8-9,11-12,15-16,18-21,31,34-36H,2,6-7,10,13-14,17,22-28H2,(H3,43,44)(H,48,53)(H,49,55)(H,50,54)(H4,45,46,47);(H,6,7)/t34?,35?,36-;/m0./s1. The van der Waals surface area contributed by atoms with E-state index >= 15 is 0 Å². The number of aliphatic carboxylic acids is 1. The molecule has 1 saturated heterocycles. The maximum Gasteiger partial charge on any atom is 0.490 e. The highest BCUT2D eigenvalue weighted by Gasteiger charge is 2.39. The SMILES string of the molecule is N=C(N)c1ccc(CC(C(=O)NCc2ccccc2)C(=O)N[C@H](C(=O)NC(CCCN=C(N)N)C(=O)N2CCN(c3ccccc3)CC2)C2CCCCC2)cc1.O=C(O)C(F)(F)F. The first-order valence-electron chi connectivity index (χ1n) is 20.8. The van der Waals surface area contributed by atoms with Crippen LogP contribution in [0.1, 0.15) is 61.6 Å². The number of hydrogen-bond donors (Lipinski definition) is 8. The number of carbonyl (C=O) groups is 5. The van der Waals surface area contributed by atoms with Crippen LogP contribution in [-0.2, 0) is 36.9 Å². The van der Waals surface area contributed by atoms with E-state index in [4.69, 9.17) is 32.5 Å². The summed E-state index contributed by atoms with van der Waals surface area (Å²) in [7, 11) is 0. The topological polar surface area (TPSA) is 262 Å². The molecule has 3 aromatic carbocycles. The van der Waals surface area contributed by atoms with E-state index in [1.807, 2.05) is 60.7 Å². The van der Waals surface area contributed by atoms with Crippen LogP contribution in [0.5, 0.6) is 0 Å². The minimum absolute atomic E-state index is 0.0498. The molecule has 0 bridgehead atoms. The van der Waals surface area contributed by atoms with Gasteiger partial charge in [-0.2, -0.15) is 13.2 Å². The summed E-state index contributed by atoms with van der Waals surface area (Å²) in [5.74, 6) is -5.95. The second-order valence-electron chi connectivity index (χ2n) is 15.4. The van der Waals surface area contributed by atoms with Crippen LogP contribution in [-0.4, -0.2) is 102 Å². The minimum Gasteiger partial charge on any atom is -0.475 e. The van der Waals surface area contributed by atoms with E-state index in [0.29, 0.717) is 56.7 Å². The fraction of sp³-hybridized carbons (Fsp3) is 0.432. The number of benzene rings is 3. The zero-order valence-electron chi connectivity index (χ0n) is 35.0. The van der Waals surface area contributed by atoms with Crippen molar-refractivity contribution >= 4 is 47.1 Å². The number of halogens is 3. The van der Waals surface area contributed by atoms with Crippen LogP contribution >= 0.6 is 0 Å². The van der Waals surface area contributed by atoms with Gasteiger partial charge in [-0.15, -0.1) is 0 Å². The van der Waals surface area contributed by atoms with Gasteiger partial charge in [-0.3, -0.25) is 29.6 Å². The number of aliphatic imine (C=N–C) groups is 1. The summed E-state index contributed by atoms with van der Waals surface area (Å²) in [5, 5.41) is 23.8. The number of nitrogen functional groups attached to an aromatic ring is 1. The quantitative estimate of drug-likeness (QED) is 0.0425. The number of amides is 4. The molecule has 63 heavy (non-hydrogen) atoms. The molecule has 1 heterocycles. The van der Waals surface area contributed by atoms with E-state index in [-0.39, 0.29) is 36.6 Å². The Morgan fingerprint density at radius 3 is 1.92 bits per heavy atom. The Labute approximate surface area is 364 Å². The fourth-order valence-corrected chi connectivity index (χ4v) is 7.45. The minimum atomic E-state index is -5.08. The first kappa shape index (κ1) is 49.0. The average molecular weight is 879 g/mol. The zero-order valence-corrected chi connectivity index (χ0v) is 35.0. The highest BCUT2D eigenvalue weighted by Crippen LogP contribution is 2.28. The largest absolute Gasteiger partial charge is 0.490 e. The number of hydrogen-bond acceptors (Lipinski definition) is 8. The maximum atomic E-state index is 14.4. The molecule has 19 heteroatoms. The molecule has 2 fully saturated rings. The van der Waals surface area contributed by atoms with Crippen molar-refractivity contribution in [3.63, 3.8) is 0 Å². The Kier molecular flexibility index (Phi) is 18.7. The number of para-hydroxylation sites is 1. The molecule has 16 nitrogen and oxygen atoms in total. The highest BCUT2D eigenvalue weighted by atomic mass is 19.4. The van der Waals surface area contributed by atoms with Crippen molar-refractivity contribution in [2.24, 2.45) is 34.0 Å². The number of nitrogens with zero attached hydrogens (tertiary/aromatic N) is 3. The molecule has 2 unspecified atom stereocenters. The predicted octanol–water partition coefficient (Wildman–Crippen LogP) is 3.03. The first-order chi connectivity index (χ1) is 30.0. The van der Waals surface area contributed by atoms with E-state index < -0.39 is 47.9 Å². The predicted molar refractivity (Wildman–Crippen MR) is 232 cm³/mol. The van der Waals surface area contributed by atoms with Crippen LogP contribution in [0.3, 0.4) is 0 Å². The van der Waals surface area contributed by atoms with Gasteiger partial charge in [-0.25, -0.2) is 4.79 Å². The van der Waals surface area contributed by atoms with Crippen molar-refractivity contribution in [1.29, 1.82) is 5.41 Å². The van der Waals surface area contributed by atoms with Gasteiger partial charge >= 0.3 is 12.1 Å². The molecule has 0 radical (unpaired) electrons. The molecule has 0 spiro atoms. The summed E-state index contributed by atoms with van der Waals surface area (Å²) in [6.07, 6.45) is 0.00370. The van der Waals surface area contributed by atoms with Crippen molar-refractivity contribution in [2.45, 2.75) is 76.2 Å². The lowest BCUT2D eigenvalue weighted by molar-refractivity contribution is -0.192. The number of alkyl halides is 3. The number of rotatable bonds is 17. The lowest BCUT2D eigenvalue weighted by Crippen LogP contribution is -2.59. The van der Waals surface area contributed by atoms with Crippen LogP contribution < -0.4 is 38.1 Å². The number of anilines is 1. The lowest BCUT2D eigenvalue weighted by atomic mass is 9.83. The molecule has 0 aromatic heterocycles. The summed E-state index contributed by atoms with van der Waals surface area (Å²) in [4.78, 5) is 73.6. The summed E-state index contributed by atoms with van der Waals surface area (Å²) < 4.78 is 31.7. The number of carboxylic acid groups (broad SMARTS) is 1. The molecule has 4 amide bonds. The zero-order chi connectivity index (χ0) is 45.9. The van der Waals surface area contributed by atoms with E-state index in [1.54, 1.807) is 29.2 Å². The van der Waals surface area contributed by atoms with Crippen molar-refractivity contribution in [2.75, 3.05) is 37.6 Å². The molecule has 340 valence electrons.